The summed E-state index contributed by atoms with van der Waals surface area (Å²) in [4.78, 5) is 4.14. The lowest BCUT2D eigenvalue weighted by Crippen LogP contribution is -2.04. The third-order valence-electron chi connectivity index (χ3n) is 2.48. The molecule has 1 aromatic heterocycles. The maximum Gasteiger partial charge on any atom is 0.145 e. The van der Waals surface area contributed by atoms with E-state index in [-0.39, 0.29) is 0 Å². The van der Waals surface area contributed by atoms with Crippen LogP contribution in [0.5, 0.6) is 11.5 Å². The van der Waals surface area contributed by atoms with E-state index in [0.29, 0.717) is 13.2 Å². The highest BCUT2D eigenvalue weighted by Crippen LogP contribution is 2.27. The highest BCUT2D eigenvalue weighted by atomic mass is 16.5. The second-order valence-corrected chi connectivity index (χ2v) is 3.57. The van der Waals surface area contributed by atoms with Crippen LogP contribution in [0.2, 0.25) is 0 Å². The van der Waals surface area contributed by atoms with Gasteiger partial charge in [0, 0.05) is 24.1 Å². The smallest absolute Gasteiger partial charge is 0.145 e. The highest BCUT2D eigenvalue weighted by molar-refractivity contribution is 5.88. The summed E-state index contributed by atoms with van der Waals surface area (Å²) in [5.41, 5.74) is 0. The van der Waals surface area contributed by atoms with Crippen LogP contribution < -0.4 is 9.47 Å². The van der Waals surface area contributed by atoms with Crippen LogP contribution in [0.15, 0.2) is 30.6 Å². The summed E-state index contributed by atoms with van der Waals surface area (Å²) in [5.74, 6) is 1.55. The van der Waals surface area contributed by atoms with E-state index in [9.17, 15) is 0 Å². The normalized spacial score (nSPS) is 10.5. The van der Waals surface area contributed by atoms with Crippen molar-refractivity contribution in [2.45, 2.75) is 0 Å². The second kappa shape index (κ2) is 5.50. The molecule has 0 aliphatic carbocycles. The molecule has 0 unspecified atom stereocenters. The summed E-state index contributed by atoms with van der Waals surface area (Å²) in [6, 6.07) is 5.81. The van der Waals surface area contributed by atoms with E-state index in [0.717, 1.165) is 22.3 Å². The Labute approximate surface area is 100 Å². The lowest BCUT2D eigenvalue weighted by atomic mass is 10.1. The average molecular weight is 233 g/mol. The summed E-state index contributed by atoms with van der Waals surface area (Å²) >= 11 is 0. The van der Waals surface area contributed by atoms with Crippen LogP contribution in [-0.4, -0.2) is 32.4 Å². The molecule has 0 saturated carbocycles. The summed E-state index contributed by atoms with van der Waals surface area (Å²) in [6.45, 7) is 1.06. The van der Waals surface area contributed by atoms with Crippen molar-refractivity contribution in [2.75, 3.05) is 27.4 Å². The van der Waals surface area contributed by atoms with Crippen molar-refractivity contribution in [3.63, 3.8) is 0 Å². The summed E-state index contributed by atoms with van der Waals surface area (Å²) < 4.78 is 15.8. The largest absolute Gasteiger partial charge is 0.497 e. The van der Waals surface area contributed by atoms with E-state index in [1.165, 1.54) is 0 Å². The van der Waals surface area contributed by atoms with Gasteiger partial charge in [0.25, 0.3) is 0 Å². The van der Waals surface area contributed by atoms with Gasteiger partial charge in [-0.05, 0) is 18.2 Å². The minimum atomic E-state index is 0.508. The predicted octanol–water partition coefficient (Wildman–Crippen LogP) is 2.27. The zero-order valence-corrected chi connectivity index (χ0v) is 9.97. The molecule has 0 aliphatic rings. The fourth-order valence-corrected chi connectivity index (χ4v) is 1.59. The minimum absolute atomic E-state index is 0.508. The Morgan fingerprint density at radius 3 is 2.76 bits per heavy atom. The molecule has 1 heterocycles. The van der Waals surface area contributed by atoms with Gasteiger partial charge in [-0.2, -0.15) is 0 Å². The molecule has 0 saturated heterocycles. The van der Waals surface area contributed by atoms with Gasteiger partial charge < -0.3 is 14.2 Å². The lowest BCUT2D eigenvalue weighted by Gasteiger charge is -2.09. The van der Waals surface area contributed by atoms with Crippen LogP contribution in [0.3, 0.4) is 0 Å². The van der Waals surface area contributed by atoms with E-state index in [4.69, 9.17) is 14.2 Å². The van der Waals surface area contributed by atoms with Crippen molar-refractivity contribution in [2.24, 2.45) is 0 Å². The molecule has 4 nitrogen and oxygen atoms in total. The molecule has 4 heteroatoms. The number of hydrogen-bond acceptors (Lipinski definition) is 4. The summed E-state index contributed by atoms with van der Waals surface area (Å²) in [7, 11) is 3.29. The minimum Gasteiger partial charge on any atom is -0.497 e. The monoisotopic (exact) mass is 233 g/mol. The van der Waals surface area contributed by atoms with Crippen molar-refractivity contribution in [1.29, 1.82) is 0 Å². The number of fused-ring (bicyclic) bond motifs is 1. The number of aromatic nitrogens is 1. The number of pyridine rings is 1. The fourth-order valence-electron chi connectivity index (χ4n) is 1.59. The maximum atomic E-state index is 5.62. The molecule has 90 valence electrons. The Kier molecular flexibility index (Phi) is 3.77. The average Bonchev–Trinajstić information content (AvgIpc) is 2.39. The van der Waals surface area contributed by atoms with Gasteiger partial charge in [-0.1, -0.05) is 0 Å². The number of methoxy groups -OCH3 is 2. The van der Waals surface area contributed by atoms with Crippen LogP contribution in [0, 0.1) is 0 Å². The van der Waals surface area contributed by atoms with Crippen molar-refractivity contribution < 1.29 is 14.2 Å². The molecule has 2 aromatic rings. The molecule has 0 amide bonds. The van der Waals surface area contributed by atoms with Gasteiger partial charge in [0.05, 0.1) is 19.9 Å². The third-order valence-corrected chi connectivity index (χ3v) is 2.48. The Hall–Kier alpha value is -1.81. The summed E-state index contributed by atoms with van der Waals surface area (Å²) in [6.07, 6.45) is 3.51. The zero-order valence-electron chi connectivity index (χ0n) is 9.97. The molecule has 0 fully saturated rings. The molecule has 0 N–H and O–H groups in total. The maximum absolute atomic E-state index is 5.62. The van der Waals surface area contributed by atoms with E-state index in [1.807, 2.05) is 18.2 Å². The molecule has 17 heavy (non-hydrogen) atoms. The molecule has 2 rings (SSSR count). The number of ether oxygens (including phenoxy) is 3. The van der Waals surface area contributed by atoms with Gasteiger partial charge in [0.1, 0.15) is 18.1 Å². The van der Waals surface area contributed by atoms with Crippen molar-refractivity contribution in [3.05, 3.63) is 30.6 Å². The van der Waals surface area contributed by atoms with Gasteiger partial charge >= 0.3 is 0 Å². The van der Waals surface area contributed by atoms with Gasteiger partial charge in [-0.25, -0.2) is 0 Å². The van der Waals surface area contributed by atoms with Crippen molar-refractivity contribution >= 4 is 10.8 Å². The highest BCUT2D eigenvalue weighted by Gasteiger charge is 2.04. The van der Waals surface area contributed by atoms with E-state index in [2.05, 4.69) is 4.98 Å². The third kappa shape index (κ3) is 2.65. The first-order chi connectivity index (χ1) is 8.35. The van der Waals surface area contributed by atoms with Crippen LogP contribution >= 0.6 is 0 Å². The molecule has 0 spiro atoms. The Bertz CT molecular complexity index is 499. The molecular formula is C13H15NO3. The van der Waals surface area contributed by atoms with Crippen LogP contribution in [0.4, 0.5) is 0 Å². The first-order valence-electron chi connectivity index (χ1n) is 5.38. The van der Waals surface area contributed by atoms with Crippen molar-refractivity contribution in [3.8, 4) is 11.5 Å². The first kappa shape index (κ1) is 11.7. The van der Waals surface area contributed by atoms with Crippen LogP contribution in [0.1, 0.15) is 0 Å². The number of nitrogens with zero attached hydrogens (tertiary/aromatic N) is 1. The number of rotatable bonds is 5. The van der Waals surface area contributed by atoms with Gasteiger partial charge in [0.15, 0.2) is 0 Å². The van der Waals surface area contributed by atoms with Crippen LogP contribution in [-0.2, 0) is 4.74 Å². The van der Waals surface area contributed by atoms with E-state index >= 15 is 0 Å². The lowest BCUT2D eigenvalue weighted by molar-refractivity contribution is 0.147. The number of hydrogen-bond donors (Lipinski definition) is 0. The first-order valence-corrected chi connectivity index (χ1v) is 5.38. The van der Waals surface area contributed by atoms with Crippen molar-refractivity contribution in [1.82, 2.24) is 4.98 Å². The van der Waals surface area contributed by atoms with Gasteiger partial charge in [-0.3, -0.25) is 4.98 Å². The Morgan fingerprint density at radius 1 is 1.12 bits per heavy atom. The van der Waals surface area contributed by atoms with Crippen LogP contribution in [0.25, 0.3) is 10.8 Å². The molecule has 0 bridgehead atoms. The Morgan fingerprint density at radius 2 is 2.00 bits per heavy atom. The topological polar surface area (TPSA) is 40.6 Å². The van der Waals surface area contributed by atoms with Gasteiger partial charge in [0.2, 0.25) is 0 Å². The Balaban J connectivity index is 2.33. The molecule has 0 radical (unpaired) electrons. The summed E-state index contributed by atoms with van der Waals surface area (Å²) in [5, 5.41) is 2.02. The number of benzene rings is 1. The van der Waals surface area contributed by atoms with E-state index < -0.39 is 0 Å². The predicted molar refractivity (Wildman–Crippen MR) is 65.7 cm³/mol. The SMILES string of the molecule is COCCOc1cncc2ccc(OC)cc12. The molecule has 0 aliphatic heterocycles. The molecule has 1 aromatic carbocycles. The molecule has 0 atom stereocenters. The van der Waals surface area contributed by atoms with Gasteiger partial charge in [-0.15, -0.1) is 0 Å². The molecular weight excluding hydrogens is 218 g/mol. The second-order valence-electron chi connectivity index (χ2n) is 3.57. The fraction of sp³-hybridized carbons (Fsp3) is 0.308. The standard InChI is InChI=1S/C13H15NO3/c1-15-5-6-17-13-9-14-8-10-3-4-11(16-2)7-12(10)13/h3-4,7-9H,5-6H2,1-2H3. The quantitative estimate of drug-likeness (QED) is 0.743. The van der Waals surface area contributed by atoms with E-state index in [1.54, 1.807) is 26.6 Å². The zero-order chi connectivity index (χ0) is 12.1.